The number of aromatic hydroxyl groups is 1. The first-order valence-electron chi connectivity index (χ1n) is 7.32. The molecule has 1 aromatic rings. The third-order valence-corrected chi connectivity index (χ3v) is 3.15. The summed E-state index contributed by atoms with van der Waals surface area (Å²) in [6.07, 6.45) is 1.43. The van der Waals surface area contributed by atoms with Crippen molar-refractivity contribution < 1.29 is 9.90 Å². The molecule has 112 valence electrons. The molecule has 3 N–H and O–H groups in total. The SMILES string of the molecule is CCC(NCCC(=O)NCC(C)C)c1ccc(O)cc1. The monoisotopic (exact) mass is 278 g/mol. The van der Waals surface area contributed by atoms with Gasteiger partial charge < -0.3 is 15.7 Å². The molecule has 1 rings (SSSR count). The van der Waals surface area contributed by atoms with Crippen LogP contribution in [0, 0.1) is 5.92 Å². The van der Waals surface area contributed by atoms with E-state index in [9.17, 15) is 9.90 Å². The largest absolute Gasteiger partial charge is 0.508 e. The number of amides is 1. The number of nitrogens with one attached hydrogen (secondary N) is 2. The zero-order chi connectivity index (χ0) is 15.0. The molecule has 0 heterocycles. The summed E-state index contributed by atoms with van der Waals surface area (Å²) in [7, 11) is 0. The van der Waals surface area contributed by atoms with Gasteiger partial charge in [-0.2, -0.15) is 0 Å². The van der Waals surface area contributed by atoms with Crippen LogP contribution in [0.3, 0.4) is 0 Å². The van der Waals surface area contributed by atoms with Gasteiger partial charge in [-0.3, -0.25) is 4.79 Å². The third-order valence-electron chi connectivity index (χ3n) is 3.15. The van der Waals surface area contributed by atoms with Gasteiger partial charge in [0.15, 0.2) is 0 Å². The van der Waals surface area contributed by atoms with Crippen molar-refractivity contribution in [1.29, 1.82) is 0 Å². The van der Waals surface area contributed by atoms with Crippen LogP contribution in [-0.4, -0.2) is 24.1 Å². The number of phenols is 1. The standard InChI is InChI=1S/C16H26N2O2/c1-4-15(13-5-7-14(19)8-6-13)17-10-9-16(20)18-11-12(2)3/h5-8,12,15,17,19H,4,9-11H2,1-3H3,(H,18,20). The van der Waals surface area contributed by atoms with Crippen molar-refractivity contribution in [2.75, 3.05) is 13.1 Å². The Morgan fingerprint density at radius 3 is 2.45 bits per heavy atom. The average molecular weight is 278 g/mol. The smallest absolute Gasteiger partial charge is 0.221 e. The van der Waals surface area contributed by atoms with Gasteiger partial charge >= 0.3 is 0 Å². The Kier molecular flexibility index (Phi) is 7.09. The van der Waals surface area contributed by atoms with Crippen LogP contribution in [0.4, 0.5) is 0 Å². The molecule has 0 spiro atoms. The molecule has 0 aliphatic rings. The van der Waals surface area contributed by atoms with Crippen LogP contribution in [0.25, 0.3) is 0 Å². The molecule has 0 aliphatic carbocycles. The minimum Gasteiger partial charge on any atom is -0.508 e. The Morgan fingerprint density at radius 2 is 1.90 bits per heavy atom. The van der Waals surface area contributed by atoms with E-state index in [2.05, 4.69) is 31.4 Å². The lowest BCUT2D eigenvalue weighted by molar-refractivity contribution is -0.121. The Morgan fingerprint density at radius 1 is 1.25 bits per heavy atom. The normalized spacial score (nSPS) is 12.4. The molecule has 4 nitrogen and oxygen atoms in total. The minimum atomic E-state index is 0.0896. The summed E-state index contributed by atoms with van der Waals surface area (Å²) in [4.78, 5) is 11.6. The topological polar surface area (TPSA) is 61.4 Å². The molecule has 1 atom stereocenters. The lowest BCUT2D eigenvalue weighted by atomic mass is 10.0. The second kappa shape index (κ2) is 8.59. The summed E-state index contributed by atoms with van der Waals surface area (Å²) in [6, 6.07) is 7.42. The summed E-state index contributed by atoms with van der Waals surface area (Å²) in [6.45, 7) is 7.65. The molecule has 0 saturated carbocycles. The Hall–Kier alpha value is -1.55. The number of carbonyl (C=O) groups is 1. The van der Waals surface area contributed by atoms with E-state index < -0.39 is 0 Å². The number of phenolic OH excluding ortho intramolecular Hbond substituents is 1. The van der Waals surface area contributed by atoms with Crippen LogP contribution in [-0.2, 0) is 4.79 Å². The molecule has 0 saturated heterocycles. The quantitative estimate of drug-likeness (QED) is 0.685. The summed E-state index contributed by atoms with van der Waals surface area (Å²) < 4.78 is 0. The predicted octanol–water partition coefficient (Wildman–Crippen LogP) is 2.60. The number of benzene rings is 1. The van der Waals surface area contributed by atoms with Crippen molar-refractivity contribution in [3.8, 4) is 5.75 Å². The number of carbonyl (C=O) groups excluding carboxylic acids is 1. The van der Waals surface area contributed by atoms with Crippen molar-refractivity contribution in [3.63, 3.8) is 0 Å². The first-order valence-corrected chi connectivity index (χ1v) is 7.32. The van der Waals surface area contributed by atoms with Crippen molar-refractivity contribution in [2.24, 2.45) is 5.92 Å². The second-order valence-corrected chi connectivity index (χ2v) is 5.45. The van der Waals surface area contributed by atoms with Crippen molar-refractivity contribution in [3.05, 3.63) is 29.8 Å². The molecular formula is C16H26N2O2. The Balaban J connectivity index is 2.35. The Labute approximate surface area is 121 Å². The molecule has 0 bridgehead atoms. The highest BCUT2D eigenvalue weighted by molar-refractivity contribution is 5.76. The van der Waals surface area contributed by atoms with Gasteiger partial charge in [-0.05, 0) is 30.0 Å². The van der Waals surface area contributed by atoms with Crippen LogP contribution in [0.1, 0.15) is 45.2 Å². The maximum absolute atomic E-state index is 11.6. The molecule has 20 heavy (non-hydrogen) atoms. The van der Waals surface area contributed by atoms with E-state index >= 15 is 0 Å². The van der Waals surface area contributed by atoms with Crippen LogP contribution >= 0.6 is 0 Å². The zero-order valence-corrected chi connectivity index (χ0v) is 12.6. The molecule has 1 unspecified atom stereocenters. The van der Waals surface area contributed by atoms with E-state index in [1.165, 1.54) is 0 Å². The summed E-state index contributed by atoms with van der Waals surface area (Å²) >= 11 is 0. The molecule has 0 fully saturated rings. The predicted molar refractivity (Wildman–Crippen MR) is 81.6 cm³/mol. The maximum Gasteiger partial charge on any atom is 0.221 e. The van der Waals surface area contributed by atoms with Crippen LogP contribution < -0.4 is 10.6 Å². The molecule has 0 radical (unpaired) electrons. The van der Waals surface area contributed by atoms with Gasteiger partial charge in [0.1, 0.15) is 5.75 Å². The van der Waals surface area contributed by atoms with Gasteiger partial charge in [0.2, 0.25) is 5.91 Å². The fraction of sp³-hybridized carbons (Fsp3) is 0.562. The van der Waals surface area contributed by atoms with Crippen LogP contribution in [0.5, 0.6) is 5.75 Å². The van der Waals surface area contributed by atoms with Crippen LogP contribution in [0.15, 0.2) is 24.3 Å². The number of hydrogen-bond donors (Lipinski definition) is 3. The zero-order valence-electron chi connectivity index (χ0n) is 12.6. The molecular weight excluding hydrogens is 252 g/mol. The molecule has 1 aromatic carbocycles. The first kappa shape index (κ1) is 16.5. The molecule has 0 aromatic heterocycles. The average Bonchev–Trinajstić information content (AvgIpc) is 2.42. The highest BCUT2D eigenvalue weighted by Gasteiger charge is 2.09. The summed E-state index contributed by atoms with van der Waals surface area (Å²) in [5.41, 5.74) is 1.13. The van der Waals surface area contributed by atoms with E-state index in [1.807, 2.05) is 12.1 Å². The fourth-order valence-corrected chi connectivity index (χ4v) is 1.97. The molecule has 4 heteroatoms. The van der Waals surface area contributed by atoms with Crippen LogP contribution in [0.2, 0.25) is 0 Å². The summed E-state index contributed by atoms with van der Waals surface area (Å²) in [5.74, 6) is 0.843. The van der Waals surface area contributed by atoms with Crippen molar-refractivity contribution in [1.82, 2.24) is 10.6 Å². The number of rotatable bonds is 8. The van der Waals surface area contributed by atoms with E-state index in [1.54, 1.807) is 12.1 Å². The van der Waals surface area contributed by atoms with Gasteiger partial charge in [-0.25, -0.2) is 0 Å². The fourth-order valence-electron chi connectivity index (χ4n) is 1.97. The van der Waals surface area contributed by atoms with Gasteiger partial charge in [0.25, 0.3) is 0 Å². The lowest BCUT2D eigenvalue weighted by Gasteiger charge is -2.17. The highest BCUT2D eigenvalue weighted by atomic mass is 16.3. The maximum atomic E-state index is 11.6. The van der Waals surface area contributed by atoms with Gasteiger partial charge in [-0.1, -0.05) is 32.9 Å². The van der Waals surface area contributed by atoms with E-state index in [0.717, 1.165) is 18.5 Å². The number of hydrogen-bond acceptors (Lipinski definition) is 3. The van der Waals surface area contributed by atoms with Crippen molar-refractivity contribution in [2.45, 2.75) is 39.7 Å². The Bertz CT molecular complexity index is 401. The van der Waals surface area contributed by atoms with E-state index in [0.29, 0.717) is 18.9 Å². The molecule has 1 amide bonds. The van der Waals surface area contributed by atoms with Crippen molar-refractivity contribution >= 4 is 5.91 Å². The van der Waals surface area contributed by atoms with Gasteiger partial charge in [0, 0.05) is 25.6 Å². The first-order chi connectivity index (χ1) is 9.52. The lowest BCUT2D eigenvalue weighted by Crippen LogP contribution is -2.31. The highest BCUT2D eigenvalue weighted by Crippen LogP contribution is 2.19. The van der Waals surface area contributed by atoms with E-state index in [4.69, 9.17) is 0 Å². The third kappa shape index (κ3) is 6.06. The summed E-state index contributed by atoms with van der Waals surface area (Å²) in [5, 5.41) is 15.6. The van der Waals surface area contributed by atoms with Gasteiger partial charge in [0.05, 0.1) is 0 Å². The second-order valence-electron chi connectivity index (χ2n) is 5.45. The van der Waals surface area contributed by atoms with Gasteiger partial charge in [-0.15, -0.1) is 0 Å². The van der Waals surface area contributed by atoms with E-state index in [-0.39, 0.29) is 17.7 Å². The molecule has 0 aliphatic heterocycles. The minimum absolute atomic E-state index is 0.0896.